The van der Waals surface area contributed by atoms with E-state index in [-0.39, 0.29) is 11.7 Å². The van der Waals surface area contributed by atoms with E-state index in [1.54, 1.807) is 12.1 Å². The number of carbonyl (C=O) groups excluding carboxylic acids is 1. The Morgan fingerprint density at radius 3 is 2.37 bits per heavy atom. The van der Waals surface area contributed by atoms with Crippen LogP contribution in [0.15, 0.2) is 54.6 Å². The molecule has 1 saturated heterocycles. The van der Waals surface area contributed by atoms with Crippen LogP contribution >= 0.6 is 0 Å². The summed E-state index contributed by atoms with van der Waals surface area (Å²) >= 11 is 0. The molecule has 0 radical (unpaired) electrons. The van der Waals surface area contributed by atoms with Gasteiger partial charge in [0.2, 0.25) is 5.91 Å². The summed E-state index contributed by atoms with van der Waals surface area (Å²) in [5.74, 6) is 0.0178. The average Bonchev–Trinajstić information content (AvgIpc) is 2.69. The van der Waals surface area contributed by atoms with Crippen molar-refractivity contribution in [3.8, 4) is 5.75 Å². The Morgan fingerprint density at radius 1 is 1.07 bits per heavy atom. The van der Waals surface area contributed by atoms with Gasteiger partial charge in [0.15, 0.2) is 0 Å². The molecule has 0 aromatic heterocycles. The van der Waals surface area contributed by atoms with E-state index < -0.39 is 12.2 Å². The number of carbonyl (C=O) groups is 1. The molecule has 27 heavy (non-hydrogen) atoms. The standard InChI is InChI=1S/C20H23F2N3O2/c21-19(22)27-17-8-6-16(7-9-17)25-20(10-12-23-13-11-20)18(26)24-14-15-4-2-1-3-5-15/h1-9,19,23,25H,10-14H2,(H,24,26). The first-order valence-electron chi connectivity index (χ1n) is 8.93. The van der Waals surface area contributed by atoms with Crippen LogP contribution < -0.4 is 20.7 Å². The monoisotopic (exact) mass is 375 g/mol. The van der Waals surface area contributed by atoms with Crippen LogP contribution in [-0.2, 0) is 11.3 Å². The maximum atomic E-state index is 13.0. The number of nitrogens with one attached hydrogen (secondary N) is 3. The van der Waals surface area contributed by atoms with Gasteiger partial charge in [-0.3, -0.25) is 4.79 Å². The molecule has 2 aromatic rings. The fraction of sp³-hybridized carbons (Fsp3) is 0.350. The molecule has 2 aromatic carbocycles. The summed E-state index contributed by atoms with van der Waals surface area (Å²) in [6.07, 6.45) is 1.26. The van der Waals surface area contributed by atoms with E-state index in [9.17, 15) is 13.6 Å². The molecule has 0 unspecified atom stereocenters. The van der Waals surface area contributed by atoms with Crippen molar-refractivity contribution in [1.29, 1.82) is 0 Å². The zero-order valence-corrected chi connectivity index (χ0v) is 14.9. The van der Waals surface area contributed by atoms with Gasteiger partial charge >= 0.3 is 6.61 Å². The van der Waals surface area contributed by atoms with Crippen LogP contribution in [0, 0.1) is 0 Å². The van der Waals surface area contributed by atoms with E-state index in [2.05, 4.69) is 20.7 Å². The van der Waals surface area contributed by atoms with Crippen molar-refractivity contribution < 1.29 is 18.3 Å². The summed E-state index contributed by atoms with van der Waals surface area (Å²) in [6, 6.07) is 15.9. The third kappa shape index (κ3) is 5.17. The van der Waals surface area contributed by atoms with E-state index in [0.717, 1.165) is 18.7 Å². The minimum atomic E-state index is -2.86. The van der Waals surface area contributed by atoms with E-state index in [0.29, 0.717) is 25.1 Å². The highest BCUT2D eigenvalue weighted by Gasteiger charge is 2.39. The van der Waals surface area contributed by atoms with E-state index in [4.69, 9.17) is 0 Å². The largest absolute Gasteiger partial charge is 0.435 e. The second kappa shape index (κ2) is 8.81. The van der Waals surface area contributed by atoms with Crippen LogP contribution in [0.5, 0.6) is 5.75 Å². The second-order valence-electron chi connectivity index (χ2n) is 6.53. The lowest BCUT2D eigenvalue weighted by Gasteiger charge is -2.38. The van der Waals surface area contributed by atoms with Crippen molar-refractivity contribution in [2.45, 2.75) is 31.5 Å². The summed E-state index contributed by atoms with van der Waals surface area (Å²) < 4.78 is 28.9. The molecule has 1 heterocycles. The summed E-state index contributed by atoms with van der Waals surface area (Å²) in [7, 11) is 0. The Morgan fingerprint density at radius 2 is 1.74 bits per heavy atom. The number of alkyl halides is 2. The van der Waals surface area contributed by atoms with Crippen molar-refractivity contribution in [3.63, 3.8) is 0 Å². The molecule has 0 spiro atoms. The lowest BCUT2D eigenvalue weighted by molar-refractivity contribution is -0.126. The minimum absolute atomic E-state index is 0.0687. The molecular formula is C20H23F2N3O2. The molecule has 0 aliphatic carbocycles. The van der Waals surface area contributed by atoms with Crippen LogP contribution in [0.2, 0.25) is 0 Å². The SMILES string of the molecule is O=C(NCc1ccccc1)C1(Nc2ccc(OC(F)F)cc2)CCNCC1. The predicted octanol–water partition coefficient (Wildman–Crippen LogP) is 3.14. The molecule has 1 aliphatic heterocycles. The number of amides is 1. The van der Waals surface area contributed by atoms with Crippen LogP contribution in [0.4, 0.5) is 14.5 Å². The zero-order valence-electron chi connectivity index (χ0n) is 14.9. The third-order valence-corrected chi connectivity index (χ3v) is 4.65. The van der Waals surface area contributed by atoms with Gasteiger partial charge < -0.3 is 20.7 Å². The van der Waals surface area contributed by atoms with Gasteiger partial charge in [0.05, 0.1) is 0 Å². The summed E-state index contributed by atoms with van der Waals surface area (Å²) in [5.41, 5.74) is 0.974. The Hall–Kier alpha value is -2.67. The lowest BCUT2D eigenvalue weighted by Crippen LogP contribution is -2.57. The van der Waals surface area contributed by atoms with Gasteiger partial charge in [-0.2, -0.15) is 8.78 Å². The fourth-order valence-corrected chi connectivity index (χ4v) is 3.21. The summed E-state index contributed by atoms with van der Waals surface area (Å²) in [6.45, 7) is -0.961. The molecule has 1 amide bonds. The molecule has 0 atom stereocenters. The van der Waals surface area contributed by atoms with Crippen molar-refractivity contribution in [2.24, 2.45) is 0 Å². The van der Waals surface area contributed by atoms with E-state index in [1.807, 2.05) is 30.3 Å². The molecule has 3 rings (SSSR count). The molecule has 0 saturated carbocycles. The molecule has 0 bridgehead atoms. The van der Waals surface area contributed by atoms with E-state index in [1.165, 1.54) is 12.1 Å². The van der Waals surface area contributed by atoms with Crippen molar-refractivity contribution in [2.75, 3.05) is 18.4 Å². The van der Waals surface area contributed by atoms with Crippen LogP contribution in [0.25, 0.3) is 0 Å². The number of halogens is 2. The van der Waals surface area contributed by atoms with Crippen molar-refractivity contribution in [3.05, 3.63) is 60.2 Å². The molecule has 7 heteroatoms. The zero-order chi connectivity index (χ0) is 19.1. The second-order valence-corrected chi connectivity index (χ2v) is 6.53. The van der Waals surface area contributed by atoms with Crippen LogP contribution in [0.3, 0.4) is 0 Å². The number of rotatable bonds is 7. The first-order chi connectivity index (χ1) is 13.1. The van der Waals surface area contributed by atoms with Crippen molar-refractivity contribution >= 4 is 11.6 Å². The molecule has 1 fully saturated rings. The first-order valence-corrected chi connectivity index (χ1v) is 8.93. The van der Waals surface area contributed by atoms with Gasteiger partial charge in [-0.05, 0) is 55.8 Å². The maximum absolute atomic E-state index is 13.0. The van der Waals surface area contributed by atoms with Crippen molar-refractivity contribution in [1.82, 2.24) is 10.6 Å². The molecule has 144 valence electrons. The van der Waals surface area contributed by atoms with Crippen LogP contribution in [-0.4, -0.2) is 31.1 Å². The Kier molecular flexibility index (Phi) is 6.24. The van der Waals surface area contributed by atoms with Gasteiger partial charge in [-0.25, -0.2) is 0 Å². The number of anilines is 1. The first kappa shape index (κ1) is 19.1. The quantitative estimate of drug-likeness (QED) is 0.696. The Bertz CT molecular complexity index is 733. The smallest absolute Gasteiger partial charge is 0.387 e. The molecule has 1 aliphatic rings. The Balaban J connectivity index is 1.69. The third-order valence-electron chi connectivity index (χ3n) is 4.65. The van der Waals surface area contributed by atoms with Gasteiger partial charge in [-0.15, -0.1) is 0 Å². The molecule has 5 nitrogen and oxygen atoms in total. The number of hydrogen-bond acceptors (Lipinski definition) is 4. The van der Waals surface area contributed by atoms with Gasteiger partial charge in [0.25, 0.3) is 0 Å². The number of ether oxygens (including phenoxy) is 1. The highest BCUT2D eigenvalue weighted by Crippen LogP contribution is 2.27. The lowest BCUT2D eigenvalue weighted by atomic mass is 9.86. The average molecular weight is 375 g/mol. The highest BCUT2D eigenvalue weighted by atomic mass is 19.3. The Labute approximate surface area is 157 Å². The van der Waals surface area contributed by atoms with Crippen LogP contribution in [0.1, 0.15) is 18.4 Å². The maximum Gasteiger partial charge on any atom is 0.387 e. The number of piperidine rings is 1. The van der Waals surface area contributed by atoms with Gasteiger partial charge in [0, 0.05) is 12.2 Å². The van der Waals surface area contributed by atoms with E-state index >= 15 is 0 Å². The highest BCUT2D eigenvalue weighted by molar-refractivity contribution is 5.89. The predicted molar refractivity (Wildman–Crippen MR) is 99.8 cm³/mol. The summed E-state index contributed by atoms with van der Waals surface area (Å²) in [5, 5.41) is 9.59. The minimum Gasteiger partial charge on any atom is -0.435 e. The van der Waals surface area contributed by atoms with Gasteiger partial charge in [-0.1, -0.05) is 30.3 Å². The fourth-order valence-electron chi connectivity index (χ4n) is 3.21. The number of hydrogen-bond donors (Lipinski definition) is 3. The molecule has 3 N–H and O–H groups in total. The molecular weight excluding hydrogens is 352 g/mol. The summed E-state index contributed by atoms with van der Waals surface area (Å²) in [4.78, 5) is 13.0. The number of benzene rings is 2. The topological polar surface area (TPSA) is 62.4 Å². The normalized spacial score (nSPS) is 16.0. The van der Waals surface area contributed by atoms with Gasteiger partial charge in [0.1, 0.15) is 11.3 Å².